The molecule has 2 N–H and O–H groups in total. The van der Waals surface area contributed by atoms with Crippen molar-refractivity contribution in [2.24, 2.45) is 11.8 Å². The molecule has 5 rings (SSSR count). The van der Waals surface area contributed by atoms with Crippen molar-refractivity contribution in [3.8, 4) is 0 Å². The molecule has 4 heteroatoms. The maximum atomic E-state index is 12.7. The van der Waals surface area contributed by atoms with Crippen molar-refractivity contribution in [3.05, 3.63) is 48.0 Å². The van der Waals surface area contributed by atoms with Crippen molar-refractivity contribution in [3.63, 3.8) is 0 Å². The first-order valence-corrected chi connectivity index (χ1v) is 11.2. The molecule has 1 atom stereocenters. The van der Waals surface area contributed by atoms with Gasteiger partial charge in [-0.15, -0.1) is 0 Å². The fourth-order valence-electron chi connectivity index (χ4n) is 5.06. The van der Waals surface area contributed by atoms with Crippen molar-refractivity contribution < 1.29 is 9.59 Å². The third kappa shape index (κ3) is 4.31. The molecule has 2 aromatic carbocycles. The molecule has 3 aliphatic rings. The van der Waals surface area contributed by atoms with Crippen LogP contribution in [0.25, 0.3) is 10.8 Å². The maximum absolute atomic E-state index is 12.7. The van der Waals surface area contributed by atoms with Gasteiger partial charge in [-0.05, 0) is 73.1 Å². The number of hydrogen-bond donors (Lipinski definition) is 2. The summed E-state index contributed by atoms with van der Waals surface area (Å²) in [4.78, 5) is 24.8. The fourth-order valence-corrected chi connectivity index (χ4v) is 5.06. The van der Waals surface area contributed by atoms with Gasteiger partial charge in [0.2, 0.25) is 11.8 Å². The van der Waals surface area contributed by atoms with E-state index < -0.39 is 0 Å². The predicted octanol–water partition coefficient (Wildman–Crippen LogP) is 4.12. The SMILES string of the molecule is O=C(CCC1(Cc2ccc3ccccc3c2)CCC(=O)N1)NC(C1CC1)C1CC1. The molecule has 29 heavy (non-hydrogen) atoms. The summed E-state index contributed by atoms with van der Waals surface area (Å²) in [7, 11) is 0. The Morgan fingerprint density at radius 3 is 2.45 bits per heavy atom. The lowest BCUT2D eigenvalue weighted by molar-refractivity contribution is -0.123. The Balaban J connectivity index is 1.26. The minimum absolute atomic E-state index is 0.111. The van der Waals surface area contributed by atoms with E-state index in [1.807, 2.05) is 0 Å². The highest BCUT2D eigenvalue weighted by Crippen LogP contribution is 2.44. The predicted molar refractivity (Wildman–Crippen MR) is 114 cm³/mol. The zero-order valence-electron chi connectivity index (χ0n) is 17.0. The number of carbonyl (C=O) groups is 2. The van der Waals surface area contributed by atoms with Crippen LogP contribution in [0.5, 0.6) is 0 Å². The number of rotatable bonds is 8. The molecule has 152 valence electrons. The summed E-state index contributed by atoms with van der Waals surface area (Å²) in [5, 5.41) is 9.00. The molecule has 1 heterocycles. The highest BCUT2D eigenvalue weighted by Gasteiger charge is 2.43. The van der Waals surface area contributed by atoms with E-state index in [0.717, 1.165) is 12.8 Å². The number of fused-ring (bicyclic) bond motifs is 1. The number of hydrogen-bond acceptors (Lipinski definition) is 2. The van der Waals surface area contributed by atoms with E-state index in [2.05, 4.69) is 53.1 Å². The van der Waals surface area contributed by atoms with Crippen LogP contribution in [0.1, 0.15) is 56.9 Å². The Hall–Kier alpha value is -2.36. The Kier molecular flexibility index (Phi) is 4.81. The molecule has 0 radical (unpaired) electrons. The van der Waals surface area contributed by atoms with Crippen molar-refractivity contribution in [2.45, 2.75) is 69.4 Å². The summed E-state index contributed by atoms with van der Waals surface area (Å²) in [5.74, 6) is 1.70. The second-order valence-electron chi connectivity index (χ2n) is 9.45. The number of benzene rings is 2. The van der Waals surface area contributed by atoms with Gasteiger partial charge in [-0.3, -0.25) is 9.59 Å². The average molecular weight is 391 g/mol. The van der Waals surface area contributed by atoms with E-state index in [9.17, 15) is 9.59 Å². The molecule has 2 amide bonds. The van der Waals surface area contributed by atoms with Crippen molar-refractivity contribution >= 4 is 22.6 Å². The van der Waals surface area contributed by atoms with Crippen LogP contribution < -0.4 is 10.6 Å². The molecule has 0 bridgehead atoms. The molecule has 4 nitrogen and oxygen atoms in total. The second kappa shape index (κ2) is 7.47. The summed E-state index contributed by atoms with van der Waals surface area (Å²) in [6, 6.07) is 15.3. The summed E-state index contributed by atoms with van der Waals surface area (Å²) < 4.78 is 0. The Morgan fingerprint density at radius 1 is 1.07 bits per heavy atom. The smallest absolute Gasteiger partial charge is 0.220 e. The lowest BCUT2D eigenvalue weighted by atomic mass is 9.84. The van der Waals surface area contributed by atoms with Gasteiger partial charge in [0.05, 0.1) is 0 Å². The highest BCUT2D eigenvalue weighted by atomic mass is 16.2. The summed E-state index contributed by atoms with van der Waals surface area (Å²) in [6.07, 6.45) is 8.41. The molecule has 1 aliphatic heterocycles. The molecule has 2 aliphatic carbocycles. The van der Waals surface area contributed by atoms with Gasteiger partial charge in [-0.1, -0.05) is 42.5 Å². The van der Waals surface area contributed by atoms with Crippen LogP contribution in [0.2, 0.25) is 0 Å². The number of amides is 2. The molecule has 1 saturated heterocycles. The molecule has 0 spiro atoms. The first kappa shape index (κ1) is 18.7. The van der Waals surface area contributed by atoms with Gasteiger partial charge in [0, 0.05) is 24.4 Å². The van der Waals surface area contributed by atoms with Crippen LogP contribution in [-0.4, -0.2) is 23.4 Å². The largest absolute Gasteiger partial charge is 0.353 e. The van der Waals surface area contributed by atoms with Gasteiger partial charge in [0.1, 0.15) is 0 Å². The van der Waals surface area contributed by atoms with E-state index >= 15 is 0 Å². The maximum Gasteiger partial charge on any atom is 0.220 e. The summed E-state index contributed by atoms with van der Waals surface area (Å²) >= 11 is 0. The normalized spacial score (nSPS) is 24.1. The molecule has 2 aromatic rings. The van der Waals surface area contributed by atoms with Crippen LogP contribution >= 0.6 is 0 Å². The molecular formula is C25H30N2O2. The third-order valence-electron chi connectivity index (χ3n) is 7.01. The minimum Gasteiger partial charge on any atom is -0.353 e. The van der Waals surface area contributed by atoms with Gasteiger partial charge >= 0.3 is 0 Å². The van der Waals surface area contributed by atoms with Crippen molar-refractivity contribution in [2.75, 3.05) is 0 Å². The molecule has 3 fully saturated rings. The standard InChI is InChI=1S/C25H30N2O2/c28-22(26-24(19-7-8-19)20-9-10-20)11-13-25(14-12-23(29)27-25)16-17-5-6-18-3-1-2-4-21(18)15-17/h1-6,15,19-20,24H,7-14,16H2,(H,26,28)(H,27,29). The molecule has 0 aromatic heterocycles. The first-order valence-electron chi connectivity index (χ1n) is 11.2. The zero-order chi connectivity index (χ0) is 19.8. The minimum atomic E-state index is -0.300. The van der Waals surface area contributed by atoms with Gasteiger partial charge in [-0.2, -0.15) is 0 Å². The Morgan fingerprint density at radius 2 is 1.79 bits per heavy atom. The molecule has 2 saturated carbocycles. The van der Waals surface area contributed by atoms with Crippen LogP contribution in [0.3, 0.4) is 0 Å². The summed E-state index contributed by atoms with van der Waals surface area (Å²) in [6.45, 7) is 0. The Bertz CT molecular complexity index is 919. The lowest BCUT2D eigenvalue weighted by Crippen LogP contribution is -2.45. The van der Waals surface area contributed by atoms with Crippen molar-refractivity contribution in [1.82, 2.24) is 10.6 Å². The monoisotopic (exact) mass is 390 g/mol. The van der Waals surface area contributed by atoms with Gasteiger partial charge in [0.25, 0.3) is 0 Å². The van der Waals surface area contributed by atoms with E-state index in [-0.39, 0.29) is 17.4 Å². The van der Waals surface area contributed by atoms with Gasteiger partial charge in [-0.25, -0.2) is 0 Å². The average Bonchev–Trinajstić information content (AvgIpc) is 3.64. The molecular weight excluding hydrogens is 360 g/mol. The lowest BCUT2D eigenvalue weighted by Gasteiger charge is -2.30. The van der Waals surface area contributed by atoms with Crippen LogP contribution in [0, 0.1) is 11.8 Å². The zero-order valence-corrected chi connectivity index (χ0v) is 17.0. The highest BCUT2D eigenvalue weighted by molar-refractivity contribution is 5.83. The van der Waals surface area contributed by atoms with Crippen molar-refractivity contribution in [1.29, 1.82) is 0 Å². The summed E-state index contributed by atoms with van der Waals surface area (Å²) in [5.41, 5.74) is 0.922. The topological polar surface area (TPSA) is 58.2 Å². The second-order valence-corrected chi connectivity index (χ2v) is 9.45. The van der Waals surface area contributed by atoms with E-state index in [1.54, 1.807) is 0 Å². The Labute approximate surface area is 172 Å². The van der Waals surface area contributed by atoms with Crippen LogP contribution in [0.4, 0.5) is 0 Å². The van der Waals surface area contributed by atoms with Gasteiger partial charge in [0.15, 0.2) is 0 Å². The third-order valence-corrected chi connectivity index (χ3v) is 7.01. The van der Waals surface area contributed by atoms with Crippen LogP contribution in [-0.2, 0) is 16.0 Å². The number of nitrogens with one attached hydrogen (secondary N) is 2. The van der Waals surface area contributed by atoms with E-state index in [1.165, 1.54) is 42.0 Å². The number of carbonyl (C=O) groups excluding carboxylic acids is 2. The molecule has 1 unspecified atom stereocenters. The fraction of sp³-hybridized carbons (Fsp3) is 0.520. The van der Waals surface area contributed by atoms with E-state index in [4.69, 9.17) is 0 Å². The van der Waals surface area contributed by atoms with Gasteiger partial charge < -0.3 is 10.6 Å². The quantitative estimate of drug-likeness (QED) is 0.712. The first-order chi connectivity index (χ1) is 14.1. The van der Waals surface area contributed by atoms with Crippen LogP contribution in [0.15, 0.2) is 42.5 Å². The van der Waals surface area contributed by atoms with E-state index in [0.29, 0.717) is 37.1 Å².